The van der Waals surface area contributed by atoms with Crippen LogP contribution in [0.5, 0.6) is 0 Å². The van der Waals surface area contributed by atoms with Gasteiger partial charge in [0.25, 0.3) is 5.91 Å². The molecule has 0 bridgehead atoms. The summed E-state index contributed by atoms with van der Waals surface area (Å²) < 4.78 is 5.04. The first kappa shape index (κ1) is 17.6. The molecule has 1 aromatic rings. The van der Waals surface area contributed by atoms with E-state index < -0.39 is 5.97 Å². The molecule has 6 heteroatoms. The van der Waals surface area contributed by atoms with Gasteiger partial charge in [-0.25, -0.2) is 4.79 Å². The number of nitrogens with one attached hydrogen (secondary N) is 1. The van der Waals surface area contributed by atoms with E-state index in [1.54, 1.807) is 6.07 Å². The van der Waals surface area contributed by atoms with Crippen molar-refractivity contribution < 1.29 is 14.3 Å². The molecule has 1 amide bonds. The Labute approximate surface area is 141 Å². The number of carbonyl (C=O) groups excluding carboxylic acids is 2. The molecular formula is C17H23ClN2O3. The smallest absolute Gasteiger partial charge is 0.340 e. The molecule has 0 spiro atoms. The summed E-state index contributed by atoms with van der Waals surface area (Å²) in [5.41, 5.74) is 6.17. The van der Waals surface area contributed by atoms with Crippen LogP contribution in [0.4, 0.5) is 5.69 Å². The monoisotopic (exact) mass is 338 g/mol. The summed E-state index contributed by atoms with van der Waals surface area (Å²) in [7, 11) is 0. The summed E-state index contributed by atoms with van der Waals surface area (Å²) in [6.45, 7) is 4.04. The van der Waals surface area contributed by atoms with Gasteiger partial charge in [-0.15, -0.1) is 0 Å². The highest BCUT2D eigenvalue weighted by Gasteiger charge is 2.28. The Balaban J connectivity index is 1.85. The quantitative estimate of drug-likeness (QED) is 0.653. The molecule has 3 N–H and O–H groups in total. The second-order valence-electron chi connectivity index (χ2n) is 6.25. The fourth-order valence-electron chi connectivity index (χ4n) is 2.96. The highest BCUT2D eigenvalue weighted by Crippen LogP contribution is 2.29. The zero-order valence-electron chi connectivity index (χ0n) is 13.5. The third-order valence-corrected chi connectivity index (χ3v) is 4.86. The van der Waals surface area contributed by atoms with E-state index in [2.05, 4.69) is 19.2 Å². The lowest BCUT2D eigenvalue weighted by molar-refractivity contribution is -0.125. The van der Waals surface area contributed by atoms with Crippen LogP contribution < -0.4 is 11.1 Å². The van der Waals surface area contributed by atoms with E-state index in [4.69, 9.17) is 22.1 Å². The van der Waals surface area contributed by atoms with E-state index in [1.165, 1.54) is 18.6 Å². The van der Waals surface area contributed by atoms with Gasteiger partial charge in [-0.2, -0.15) is 0 Å². The minimum absolute atomic E-state index is 0.144. The molecule has 0 aromatic heterocycles. The molecule has 0 saturated heterocycles. The molecule has 5 nitrogen and oxygen atoms in total. The second kappa shape index (κ2) is 7.68. The Hall–Kier alpha value is -1.75. The number of rotatable bonds is 4. The van der Waals surface area contributed by atoms with Gasteiger partial charge < -0.3 is 15.8 Å². The molecule has 1 saturated carbocycles. The van der Waals surface area contributed by atoms with E-state index in [0.717, 1.165) is 12.8 Å². The van der Waals surface area contributed by atoms with Gasteiger partial charge in [0.05, 0.1) is 5.56 Å². The number of amides is 1. The molecule has 0 unspecified atom stereocenters. The number of anilines is 1. The minimum Gasteiger partial charge on any atom is -0.452 e. The molecule has 3 atom stereocenters. The first-order chi connectivity index (χ1) is 10.9. The van der Waals surface area contributed by atoms with Crippen molar-refractivity contribution in [3.8, 4) is 0 Å². The molecule has 126 valence electrons. The van der Waals surface area contributed by atoms with Crippen LogP contribution in [-0.2, 0) is 9.53 Å². The Kier molecular flexibility index (Phi) is 5.88. The van der Waals surface area contributed by atoms with Gasteiger partial charge in [0.2, 0.25) is 0 Å². The molecule has 1 fully saturated rings. The molecular weight excluding hydrogens is 316 g/mol. The molecule has 1 aromatic carbocycles. The second-order valence-corrected chi connectivity index (χ2v) is 6.69. The minimum atomic E-state index is -0.626. The van der Waals surface area contributed by atoms with Crippen LogP contribution in [-0.4, -0.2) is 24.5 Å². The largest absolute Gasteiger partial charge is 0.452 e. The van der Waals surface area contributed by atoms with Gasteiger partial charge in [0, 0.05) is 16.8 Å². The number of nitrogens with two attached hydrogens (primary N) is 1. The van der Waals surface area contributed by atoms with Crippen molar-refractivity contribution in [2.75, 3.05) is 12.3 Å². The third kappa shape index (κ3) is 4.61. The predicted octanol–water partition coefficient (Wildman–Crippen LogP) is 3.02. The van der Waals surface area contributed by atoms with Crippen molar-refractivity contribution in [2.45, 2.75) is 39.2 Å². The van der Waals surface area contributed by atoms with Crippen LogP contribution in [0.15, 0.2) is 18.2 Å². The van der Waals surface area contributed by atoms with Crippen molar-refractivity contribution in [1.82, 2.24) is 5.32 Å². The van der Waals surface area contributed by atoms with Crippen LogP contribution in [0.2, 0.25) is 5.02 Å². The maximum absolute atomic E-state index is 12.0. The van der Waals surface area contributed by atoms with Crippen molar-refractivity contribution in [1.29, 1.82) is 0 Å². The highest BCUT2D eigenvalue weighted by atomic mass is 35.5. The Morgan fingerprint density at radius 2 is 2.09 bits per heavy atom. The van der Waals surface area contributed by atoms with Gasteiger partial charge >= 0.3 is 5.97 Å². The van der Waals surface area contributed by atoms with Crippen LogP contribution in [0.25, 0.3) is 0 Å². The molecule has 0 aliphatic heterocycles. The molecule has 0 radical (unpaired) electrons. The van der Waals surface area contributed by atoms with E-state index >= 15 is 0 Å². The van der Waals surface area contributed by atoms with E-state index in [1.807, 2.05) is 0 Å². The zero-order valence-corrected chi connectivity index (χ0v) is 14.2. The summed E-state index contributed by atoms with van der Waals surface area (Å²) in [4.78, 5) is 24.0. The maximum Gasteiger partial charge on any atom is 0.340 e. The number of nitrogen functional groups attached to an aromatic ring is 1. The normalized spacial score (nSPS) is 24.0. The number of carbonyl (C=O) groups is 2. The number of halogens is 1. The predicted molar refractivity (Wildman–Crippen MR) is 90.3 cm³/mol. The van der Waals surface area contributed by atoms with Gasteiger partial charge in [-0.1, -0.05) is 38.3 Å². The van der Waals surface area contributed by atoms with Crippen molar-refractivity contribution in [2.24, 2.45) is 11.8 Å². The maximum atomic E-state index is 12.0. The summed E-state index contributed by atoms with van der Waals surface area (Å²) in [5.74, 6) is 0.108. The summed E-state index contributed by atoms with van der Waals surface area (Å²) in [6.07, 6.45) is 3.27. The van der Waals surface area contributed by atoms with Crippen molar-refractivity contribution in [3.63, 3.8) is 0 Å². The third-order valence-electron chi connectivity index (χ3n) is 4.62. The van der Waals surface area contributed by atoms with E-state index in [0.29, 0.717) is 16.9 Å². The number of esters is 1. The Bertz CT molecular complexity index is 591. The average Bonchev–Trinajstić information content (AvgIpc) is 2.49. The van der Waals surface area contributed by atoms with Crippen molar-refractivity contribution >= 4 is 29.2 Å². The first-order valence-electron chi connectivity index (χ1n) is 7.90. The Morgan fingerprint density at radius 3 is 2.78 bits per heavy atom. The van der Waals surface area contributed by atoms with Gasteiger partial charge in [0.1, 0.15) is 0 Å². The van der Waals surface area contributed by atoms with E-state index in [-0.39, 0.29) is 29.8 Å². The summed E-state index contributed by atoms with van der Waals surface area (Å²) in [6, 6.07) is 4.66. The number of ether oxygens (including phenoxy) is 1. The summed E-state index contributed by atoms with van der Waals surface area (Å²) in [5, 5.41) is 3.40. The number of hydrogen-bond acceptors (Lipinski definition) is 4. The fraction of sp³-hybridized carbons (Fsp3) is 0.529. The lowest BCUT2D eigenvalue weighted by Gasteiger charge is -2.34. The number of hydrogen-bond donors (Lipinski definition) is 2. The standard InChI is InChI=1S/C17H23ClN2O3/c1-10-4-3-5-15(11(10)2)20-16(21)9-23-17(22)13-7-6-12(18)8-14(13)19/h6-8,10-11,15H,3-5,9,19H2,1-2H3,(H,20,21)/t10-,11-,15+/m1/s1. The molecule has 1 aliphatic rings. The van der Waals surface area contributed by atoms with Gasteiger partial charge in [-0.3, -0.25) is 4.79 Å². The molecule has 23 heavy (non-hydrogen) atoms. The first-order valence-corrected chi connectivity index (χ1v) is 8.27. The van der Waals surface area contributed by atoms with Crippen LogP contribution in [0.1, 0.15) is 43.5 Å². The molecule has 2 rings (SSSR count). The zero-order chi connectivity index (χ0) is 17.0. The SMILES string of the molecule is C[C@@H]1[C@H](C)CCC[C@@H]1NC(=O)COC(=O)c1ccc(Cl)cc1N. The van der Waals surface area contributed by atoms with Crippen LogP contribution >= 0.6 is 11.6 Å². The highest BCUT2D eigenvalue weighted by molar-refractivity contribution is 6.31. The number of benzene rings is 1. The average molecular weight is 339 g/mol. The van der Waals surface area contributed by atoms with Crippen LogP contribution in [0.3, 0.4) is 0 Å². The lowest BCUT2D eigenvalue weighted by atomic mass is 9.78. The lowest BCUT2D eigenvalue weighted by Crippen LogP contribution is -2.45. The summed E-state index contributed by atoms with van der Waals surface area (Å²) >= 11 is 5.79. The van der Waals surface area contributed by atoms with Crippen LogP contribution in [0, 0.1) is 11.8 Å². The van der Waals surface area contributed by atoms with Crippen molar-refractivity contribution in [3.05, 3.63) is 28.8 Å². The van der Waals surface area contributed by atoms with Gasteiger partial charge in [-0.05, 0) is 36.5 Å². The molecule has 1 aliphatic carbocycles. The fourth-order valence-corrected chi connectivity index (χ4v) is 3.14. The Morgan fingerprint density at radius 1 is 1.35 bits per heavy atom. The molecule has 0 heterocycles. The van der Waals surface area contributed by atoms with Gasteiger partial charge in [0.15, 0.2) is 6.61 Å². The topological polar surface area (TPSA) is 81.4 Å². The van der Waals surface area contributed by atoms with E-state index in [9.17, 15) is 9.59 Å².